The van der Waals surface area contributed by atoms with Crippen LogP contribution in [0.5, 0.6) is 0 Å². The van der Waals surface area contributed by atoms with E-state index in [9.17, 15) is 18.0 Å². The maximum absolute atomic E-state index is 13.2. The second kappa shape index (κ2) is 7.31. The Hall–Kier alpha value is -2.81. The van der Waals surface area contributed by atoms with Crippen molar-refractivity contribution >= 4 is 10.9 Å². The Morgan fingerprint density at radius 2 is 2.00 bits per heavy atom. The molecule has 1 atom stereocenters. The molecule has 0 bridgehead atoms. The van der Waals surface area contributed by atoms with Gasteiger partial charge in [-0.15, -0.1) is 0 Å². The van der Waals surface area contributed by atoms with E-state index in [0.717, 1.165) is 16.7 Å². The van der Waals surface area contributed by atoms with Gasteiger partial charge < -0.3 is 0 Å². The number of halogens is 3. The molecule has 0 spiro atoms. The molecule has 9 heteroatoms. The number of likely N-dealkylation sites (tertiary alicyclic amines) is 1. The van der Waals surface area contributed by atoms with Gasteiger partial charge in [-0.2, -0.15) is 13.2 Å². The summed E-state index contributed by atoms with van der Waals surface area (Å²) in [4.78, 5) is 27.4. The molecule has 1 saturated heterocycles. The fourth-order valence-corrected chi connectivity index (χ4v) is 3.70. The van der Waals surface area contributed by atoms with Gasteiger partial charge in [-0.25, -0.2) is 15.0 Å². The maximum Gasteiger partial charge on any atom is 0.406 e. The van der Waals surface area contributed by atoms with Crippen LogP contribution in [0.15, 0.2) is 47.7 Å². The van der Waals surface area contributed by atoms with Gasteiger partial charge in [0.15, 0.2) is 0 Å². The first-order chi connectivity index (χ1) is 13.4. The highest BCUT2D eigenvalue weighted by Gasteiger charge is 2.35. The first kappa shape index (κ1) is 18.5. The van der Waals surface area contributed by atoms with Crippen molar-refractivity contribution in [2.24, 2.45) is 0 Å². The van der Waals surface area contributed by atoms with Crippen molar-refractivity contribution in [2.75, 3.05) is 6.54 Å². The van der Waals surface area contributed by atoms with Crippen LogP contribution in [-0.2, 0) is 13.1 Å². The van der Waals surface area contributed by atoms with E-state index in [1.54, 1.807) is 30.5 Å². The van der Waals surface area contributed by atoms with Crippen LogP contribution < -0.4 is 5.56 Å². The highest BCUT2D eigenvalue weighted by Crippen LogP contribution is 2.33. The van der Waals surface area contributed by atoms with Gasteiger partial charge in [0.1, 0.15) is 18.7 Å². The molecule has 4 rings (SSSR count). The summed E-state index contributed by atoms with van der Waals surface area (Å²) in [6, 6.07) is 7.90. The maximum atomic E-state index is 13.2. The standard InChI is InChI=1S/C19H18F3N5O/c20-19(21,22)11-27-17(25-15-5-2-1-4-14(15)18(27)28)16-6-3-9-26(16)10-13-7-8-23-12-24-13/h1-2,4-5,7-8,12,16H,3,6,9-11H2. The summed E-state index contributed by atoms with van der Waals surface area (Å²) >= 11 is 0. The quantitative estimate of drug-likeness (QED) is 0.686. The van der Waals surface area contributed by atoms with E-state index in [2.05, 4.69) is 15.0 Å². The molecule has 1 aliphatic heterocycles. The number of rotatable bonds is 4. The van der Waals surface area contributed by atoms with Gasteiger partial charge in [0.25, 0.3) is 5.56 Å². The van der Waals surface area contributed by atoms with Crippen LogP contribution in [0.2, 0.25) is 0 Å². The van der Waals surface area contributed by atoms with Gasteiger partial charge in [0, 0.05) is 12.7 Å². The zero-order valence-electron chi connectivity index (χ0n) is 14.9. The highest BCUT2D eigenvalue weighted by molar-refractivity contribution is 5.77. The van der Waals surface area contributed by atoms with Gasteiger partial charge in [0.2, 0.25) is 0 Å². The van der Waals surface area contributed by atoms with E-state index in [1.165, 1.54) is 12.4 Å². The Balaban J connectivity index is 1.79. The van der Waals surface area contributed by atoms with Crippen molar-refractivity contribution in [3.8, 4) is 0 Å². The number of hydrogen-bond donors (Lipinski definition) is 0. The molecule has 0 saturated carbocycles. The molecule has 3 heterocycles. The lowest BCUT2D eigenvalue weighted by atomic mass is 10.1. The third-order valence-electron chi connectivity index (χ3n) is 4.90. The average molecular weight is 389 g/mol. The van der Waals surface area contributed by atoms with Gasteiger partial charge in [-0.3, -0.25) is 14.3 Å². The monoisotopic (exact) mass is 389 g/mol. The van der Waals surface area contributed by atoms with Gasteiger partial charge in [-0.1, -0.05) is 12.1 Å². The number of benzene rings is 1. The molecule has 0 N–H and O–H groups in total. The Morgan fingerprint density at radius 1 is 1.18 bits per heavy atom. The Morgan fingerprint density at radius 3 is 2.75 bits per heavy atom. The lowest BCUT2D eigenvalue weighted by molar-refractivity contribution is -0.142. The summed E-state index contributed by atoms with van der Waals surface area (Å²) in [5.74, 6) is 0.160. The summed E-state index contributed by atoms with van der Waals surface area (Å²) in [5, 5.41) is 0.191. The third kappa shape index (κ3) is 3.75. The minimum Gasteiger partial charge on any atom is -0.288 e. The van der Waals surface area contributed by atoms with E-state index in [1.807, 2.05) is 4.90 Å². The molecule has 28 heavy (non-hydrogen) atoms. The zero-order valence-corrected chi connectivity index (χ0v) is 14.9. The molecule has 1 unspecified atom stereocenters. The molecule has 1 aromatic carbocycles. The highest BCUT2D eigenvalue weighted by atomic mass is 19.4. The van der Waals surface area contributed by atoms with E-state index in [0.29, 0.717) is 25.0 Å². The lowest BCUT2D eigenvalue weighted by Gasteiger charge is -2.26. The van der Waals surface area contributed by atoms with E-state index >= 15 is 0 Å². The first-order valence-electron chi connectivity index (χ1n) is 8.97. The number of nitrogens with zero attached hydrogens (tertiary/aromatic N) is 5. The molecule has 1 fully saturated rings. The fourth-order valence-electron chi connectivity index (χ4n) is 3.70. The predicted octanol–water partition coefficient (Wildman–Crippen LogP) is 3.09. The molecule has 146 valence electrons. The van der Waals surface area contributed by atoms with Crippen molar-refractivity contribution in [3.63, 3.8) is 0 Å². The van der Waals surface area contributed by atoms with Gasteiger partial charge in [0.05, 0.1) is 22.6 Å². The Labute approximate surface area is 158 Å². The van der Waals surface area contributed by atoms with E-state index in [-0.39, 0.29) is 17.3 Å². The average Bonchev–Trinajstić information content (AvgIpc) is 3.12. The smallest absolute Gasteiger partial charge is 0.288 e. The van der Waals surface area contributed by atoms with E-state index < -0.39 is 18.3 Å². The second-order valence-corrected chi connectivity index (χ2v) is 6.82. The fraction of sp³-hybridized carbons (Fsp3) is 0.368. The molecular formula is C19H18F3N5O. The summed E-state index contributed by atoms with van der Waals surface area (Å²) < 4.78 is 40.4. The number of hydrogen-bond acceptors (Lipinski definition) is 5. The van der Waals surface area contributed by atoms with Crippen LogP contribution >= 0.6 is 0 Å². The molecule has 1 aliphatic rings. The Kier molecular flexibility index (Phi) is 4.84. The lowest BCUT2D eigenvalue weighted by Crippen LogP contribution is -2.35. The van der Waals surface area contributed by atoms with Crippen LogP contribution in [0.1, 0.15) is 30.4 Å². The molecule has 0 aliphatic carbocycles. The van der Waals surface area contributed by atoms with Crippen molar-refractivity contribution in [1.29, 1.82) is 0 Å². The first-order valence-corrected chi connectivity index (χ1v) is 8.97. The normalized spacial score (nSPS) is 18.0. The molecular weight excluding hydrogens is 371 g/mol. The van der Waals surface area contributed by atoms with Crippen molar-refractivity contribution in [1.82, 2.24) is 24.4 Å². The predicted molar refractivity (Wildman–Crippen MR) is 96.5 cm³/mol. The number of aromatic nitrogens is 4. The van der Waals surface area contributed by atoms with Gasteiger partial charge in [-0.05, 0) is 37.6 Å². The zero-order chi connectivity index (χ0) is 19.7. The third-order valence-corrected chi connectivity index (χ3v) is 4.90. The van der Waals surface area contributed by atoms with Crippen molar-refractivity contribution in [3.05, 3.63) is 64.7 Å². The molecule has 3 aromatic rings. The summed E-state index contributed by atoms with van der Waals surface area (Å²) in [7, 11) is 0. The van der Waals surface area contributed by atoms with Crippen LogP contribution in [0, 0.1) is 0 Å². The topological polar surface area (TPSA) is 63.9 Å². The number of para-hydroxylation sites is 1. The Bertz CT molecular complexity index is 1040. The molecule has 0 radical (unpaired) electrons. The van der Waals surface area contributed by atoms with Crippen LogP contribution in [0.25, 0.3) is 10.9 Å². The van der Waals surface area contributed by atoms with Crippen LogP contribution in [0.3, 0.4) is 0 Å². The largest absolute Gasteiger partial charge is 0.406 e. The summed E-state index contributed by atoms with van der Waals surface area (Å²) in [6.45, 7) is -0.192. The van der Waals surface area contributed by atoms with Crippen LogP contribution in [-0.4, -0.2) is 37.1 Å². The summed E-state index contributed by atoms with van der Waals surface area (Å²) in [6.07, 6.45) is -0.00742. The number of fused-ring (bicyclic) bond motifs is 1. The minimum absolute atomic E-state index is 0.160. The van der Waals surface area contributed by atoms with Crippen LogP contribution in [0.4, 0.5) is 13.2 Å². The van der Waals surface area contributed by atoms with Crippen molar-refractivity contribution in [2.45, 2.75) is 38.1 Å². The minimum atomic E-state index is -4.52. The molecule has 0 amide bonds. The second-order valence-electron chi connectivity index (χ2n) is 6.82. The van der Waals surface area contributed by atoms with Gasteiger partial charge >= 0.3 is 6.18 Å². The molecule has 2 aromatic heterocycles. The van der Waals surface area contributed by atoms with Crippen molar-refractivity contribution < 1.29 is 13.2 Å². The number of alkyl halides is 3. The molecule has 6 nitrogen and oxygen atoms in total. The van der Waals surface area contributed by atoms with E-state index in [4.69, 9.17) is 0 Å². The SMILES string of the molecule is O=c1c2ccccc2nc(C2CCCN2Cc2ccncn2)n1CC(F)(F)F. The summed E-state index contributed by atoms with van der Waals surface area (Å²) in [5.41, 5.74) is 0.522.